The van der Waals surface area contributed by atoms with Crippen molar-refractivity contribution in [3.05, 3.63) is 77.5 Å². The number of nitrogens with zero attached hydrogens (tertiary/aromatic N) is 2. The molecule has 0 aromatic heterocycles. The highest BCUT2D eigenvalue weighted by molar-refractivity contribution is 6.06. The Balaban J connectivity index is 1.48. The van der Waals surface area contributed by atoms with Crippen LogP contribution in [0, 0.1) is 11.3 Å². The number of hydrogen-bond donors (Lipinski definition) is 3. The Bertz CT molecular complexity index is 941. The molecule has 3 N–H and O–H groups in total. The van der Waals surface area contributed by atoms with Crippen molar-refractivity contribution in [2.45, 2.75) is 25.4 Å². The van der Waals surface area contributed by atoms with Gasteiger partial charge in [0, 0.05) is 37.6 Å². The van der Waals surface area contributed by atoms with Crippen LogP contribution in [0.5, 0.6) is 0 Å². The third-order valence-electron chi connectivity index (χ3n) is 5.05. The predicted octanol–water partition coefficient (Wildman–Crippen LogP) is 2.98. The summed E-state index contributed by atoms with van der Waals surface area (Å²) >= 11 is 0. The largest absolute Gasteiger partial charge is 0.478 e. The van der Waals surface area contributed by atoms with E-state index in [-0.39, 0.29) is 17.2 Å². The van der Waals surface area contributed by atoms with Gasteiger partial charge >= 0.3 is 5.97 Å². The number of nitrogens with one attached hydrogen (secondary N) is 2. The van der Waals surface area contributed by atoms with Gasteiger partial charge in [0.25, 0.3) is 5.91 Å². The molecule has 0 spiro atoms. The standard InChI is InChI=1S/C23H24N4O3/c24-14-19(22(28)26-21-8-6-18(7-9-21)23(29)30)15-25-20-10-12-27(13-11-20)16-17-4-2-1-3-5-17/h1-9,15,20,25H,10-13,16H2,(H,26,28)(H,29,30)/b19-15-. The van der Waals surface area contributed by atoms with Crippen molar-refractivity contribution in [1.82, 2.24) is 10.2 Å². The lowest BCUT2D eigenvalue weighted by atomic mass is 10.0. The highest BCUT2D eigenvalue weighted by atomic mass is 16.4. The van der Waals surface area contributed by atoms with Gasteiger partial charge in [0.1, 0.15) is 11.6 Å². The van der Waals surface area contributed by atoms with Crippen LogP contribution in [-0.4, -0.2) is 41.0 Å². The fourth-order valence-electron chi connectivity index (χ4n) is 3.34. The van der Waals surface area contributed by atoms with Gasteiger partial charge in [0.2, 0.25) is 0 Å². The molecule has 0 unspecified atom stereocenters. The fourth-order valence-corrected chi connectivity index (χ4v) is 3.34. The molecule has 1 saturated heterocycles. The molecule has 0 atom stereocenters. The van der Waals surface area contributed by atoms with E-state index in [0.29, 0.717) is 5.69 Å². The van der Waals surface area contributed by atoms with Gasteiger partial charge in [-0.05, 0) is 42.7 Å². The fraction of sp³-hybridized carbons (Fsp3) is 0.261. The molecular weight excluding hydrogens is 380 g/mol. The topological polar surface area (TPSA) is 105 Å². The molecule has 7 nitrogen and oxygen atoms in total. The van der Waals surface area contributed by atoms with E-state index >= 15 is 0 Å². The van der Waals surface area contributed by atoms with Gasteiger partial charge in [-0.2, -0.15) is 5.26 Å². The minimum Gasteiger partial charge on any atom is -0.478 e. The SMILES string of the molecule is N#C/C(=C/NC1CCN(Cc2ccccc2)CC1)C(=O)Nc1ccc(C(=O)O)cc1. The minimum absolute atomic E-state index is 0.0240. The maximum atomic E-state index is 12.3. The second-order valence-electron chi connectivity index (χ2n) is 7.21. The number of anilines is 1. The van der Waals surface area contributed by atoms with Gasteiger partial charge in [-0.1, -0.05) is 30.3 Å². The molecule has 2 aromatic rings. The zero-order valence-electron chi connectivity index (χ0n) is 16.5. The van der Waals surface area contributed by atoms with Crippen molar-refractivity contribution in [2.75, 3.05) is 18.4 Å². The number of rotatable bonds is 7. The van der Waals surface area contributed by atoms with Crippen LogP contribution in [0.2, 0.25) is 0 Å². The summed E-state index contributed by atoms with van der Waals surface area (Å²) in [4.78, 5) is 25.6. The van der Waals surface area contributed by atoms with Crippen molar-refractivity contribution >= 4 is 17.6 Å². The molecule has 30 heavy (non-hydrogen) atoms. The van der Waals surface area contributed by atoms with Gasteiger partial charge < -0.3 is 15.7 Å². The van der Waals surface area contributed by atoms with Crippen molar-refractivity contribution in [3.8, 4) is 6.07 Å². The zero-order valence-corrected chi connectivity index (χ0v) is 16.5. The first-order valence-corrected chi connectivity index (χ1v) is 9.82. The number of carbonyl (C=O) groups is 2. The molecule has 3 rings (SSSR count). The summed E-state index contributed by atoms with van der Waals surface area (Å²) in [5, 5.41) is 24.0. The number of carboxylic acids is 1. The highest BCUT2D eigenvalue weighted by Gasteiger charge is 2.19. The first-order valence-electron chi connectivity index (χ1n) is 9.82. The normalized spacial score (nSPS) is 15.2. The van der Waals surface area contributed by atoms with E-state index < -0.39 is 11.9 Å². The van der Waals surface area contributed by atoms with Crippen LogP contribution >= 0.6 is 0 Å². The maximum absolute atomic E-state index is 12.3. The number of piperidine rings is 1. The molecule has 1 aliphatic heterocycles. The van der Waals surface area contributed by atoms with E-state index in [0.717, 1.165) is 32.5 Å². The van der Waals surface area contributed by atoms with Crippen LogP contribution < -0.4 is 10.6 Å². The molecule has 1 heterocycles. The van der Waals surface area contributed by atoms with E-state index in [2.05, 4.69) is 27.7 Å². The molecule has 0 saturated carbocycles. The van der Waals surface area contributed by atoms with E-state index in [1.807, 2.05) is 24.3 Å². The Labute approximate surface area is 175 Å². The number of carbonyl (C=O) groups excluding carboxylic acids is 1. The van der Waals surface area contributed by atoms with Gasteiger partial charge in [-0.25, -0.2) is 4.79 Å². The number of amides is 1. The highest BCUT2D eigenvalue weighted by Crippen LogP contribution is 2.15. The van der Waals surface area contributed by atoms with Crippen LogP contribution in [0.15, 0.2) is 66.4 Å². The average molecular weight is 404 g/mol. The molecule has 1 aliphatic rings. The summed E-state index contributed by atoms with van der Waals surface area (Å²) in [6.45, 7) is 2.82. The molecule has 1 amide bonds. The quantitative estimate of drug-likeness (QED) is 0.484. The number of carboxylic acid groups (broad SMARTS) is 1. The Kier molecular flexibility index (Phi) is 7.19. The molecule has 0 bridgehead atoms. The lowest BCUT2D eigenvalue weighted by Gasteiger charge is -2.32. The van der Waals surface area contributed by atoms with Gasteiger partial charge in [-0.3, -0.25) is 9.69 Å². The molecular formula is C23H24N4O3. The van der Waals surface area contributed by atoms with E-state index in [1.54, 1.807) is 0 Å². The second-order valence-corrected chi connectivity index (χ2v) is 7.21. The van der Waals surface area contributed by atoms with E-state index in [9.17, 15) is 14.9 Å². The summed E-state index contributed by atoms with van der Waals surface area (Å²) in [6, 6.07) is 18.3. The number of benzene rings is 2. The Hall–Kier alpha value is -3.63. The molecule has 2 aromatic carbocycles. The third-order valence-corrected chi connectivity index (χ3v) is 5.05. The number of hydrogen-bond acceptors (Lipinski definition) is 5. The van der Waals surface area contributed by atoms with Crippen LogP contribution in [0.4, 0.5) is 5.69 Å². The van der Waals surface area contributed by atoms with Crippen LogP contribution in [0.3, 0.4) is 0 Å². The molecule has 0 radical (unpaired) electrons. The van der Waals surface area contributed by atoms with Crippen LogP contribution in [0.25, 0.3) is 0 Å². The maximum Gasteiger partial charge on any atom is 0.335 e. The summed E-state index contributed by atoms with van der Waals surface area (Å²) in [5.41, 5.74) is 1.83. The van der Waals surface area contributed by atoms with Crippen LogP contribution in [0.1, 0.15) is 28.8 Å². The summed E-state index contributed by atoms with van der Waals surface area (Å²) in [5.74, 6) is -1.57. The van der Waals surface area contributed by atoms with Crippen molar-refractivity contribution in [1.29, 1.82) is 5.26 Å². The summed E-state index contributed by atoms with van der Waals surface area (Å²) < 4.78 is 0. The zero-order chi connectivity index (χ0) is 21.3. The van der Waals surface area contributed by atoms with E-state index in [4.69, 9.17) is 5.11 Å². The third kappa shape index (κ3) is 5.93. The monoisotopic (exact) mass is 404 g/mol. The molecule has 1 fully saturated rings. The predicted molar refractivity (Wildman–Crippen MR) is 114 cm³/mol. The molecule has 154 valence electrons. The first-order chi connectivity index (χ1) is 14.5. The van der Waals surface area contributed by atoms with Crippen molar-refractivity contribution in [2.24, 2.45) is 0 Å². The minimum atomic E-state index is -1.04. The number of likely N-dealkylation sites (tertiary alicyclic amines) is 1. The summed E-state index contributed by atoms with van der Waals surface area (Å²) in [6.07, 6.45) is 3.33. The summed E-state index contributed by atoms with van der Waals surface area (Å²) in [7, 11) is 0. The van der Waals surface area contributed by atoms with Gasteiger partial charge in [-0.15, -0.1) is 0 Å². The van der Waals surface area contributed by atoms with Gasteiger partial charge in [0.05, 0.1) is 5.56 Å². The lowest BCUT2D eigenvalue weighted by Crippen LogP contribution is -2.40. The molecule has 0 aliphatic carbocycles. The lowest BCUT2D eigenvalue weighted by molar-refractivity contribution is -0.112. The van der Waals surface area contributed by atoms with Crippen molar-refractivity contribution in [3.63, 3.8) is 0 Å². The van der Waals surface area contributed by atoms with Gasteiger partial charge in [0.15, 0.2) is 0 Å². The first kappa shape index (κ1) is 21.1. The number of aromatic carboxylic acids is 1. The second kappa shape index (κ2) is 10.2. The van der Waals surface area contributed by atoms with E-state index in [1.165, 1.54) is 36.0 Å². The van der Waals surface area contributed by atoms with Crippen LogP contribution in [-0.2, 0) is 11.3 Å². The Morgan fingerprint density at radius 3 is 2.37 bits per heavy atom. The van der Waals surface area contributed by atoms with Crippen molar-refractivity contribution < 1.29 is 14.7 Å². The molecule has 7 heteroatoms. The smallest absolute Gasteiger partial charge is 0.335 e. The average Bonchev–Trinajstić information content (AvgIpc) is 2.76. The Morgan fingerprint density at radius 1 is 1.10 bits per heavy atom. The number of nitriles is 1. The Morgan fingerprint density at radius 2 is 1.77 bits per heavy atom.